The molecular weight excluding hydrogens is 152 g/mol. The van der Waals surface area contributed by atoms with Gasteiger partial charge in [0, 0.05) is 12.6 Å². The maximum Gasteiger partial charge on any atom is 0.0607 e. The number of hydrogen-bond acceptors (Lipinski definition) is 3. The van der Waals surface area contributed by atoms with Crippen LogP contribution in [0.5, 0.6) is 0 Å². The number of hydrazine groups is 1. The number of nitrogens with two attached hydrogens (primary N) is 1. The summed E-state index contributed by atoms with van der Waals surface area (Å²) in [5.74, 6) is 6.64. The summed E-state index contributed by atoms with van der Waals surface area (Å²) in [5, 5.41) is 2.00. The Morgan fingerprint density at radius 3 is 3.00 bits per heavy atom. The fourth-order valence-corrected chi connectivity index (χ4v) is 2.39. The van der Waals surface area contributed by atoms with Gasteiger partial charge in [0.2, 0.25) is 0 Å². The third kappa shape index (κ3) is 1.63. The number of rotatable bonds is 0. The first-order chi connectivity index (χ1) is 5.88. The van der Waals surface area contributed by atoms with Crippen molar-refractivity contribution in [2.24, 2.45) is 11.8 Å². The van der Waals surface area contributed by atoms with E-state index in [1.165, 1.54) is 25.7 Å². The van der Waals surface area contributed by atoms with E-state index in [0.717, 1.165) is 19.8 Å². The van der Waals surface area contributed by atoms with Crippen molar-refractivity contribution in [2.75, 3.05) is 19.8 Å². The molecule has 2 rings (SSSR count). The molecule has 0 bridgehead atoms. The second-order valence-corrected chi connectivity index (χ2v) is 3.92. The molecular formula is C9H18N2O. The van der Waals surface area contributed by atoms with Crippen LogP contribution in [-0.4, -0.2) is 30.8 Å². The van der Waals surface area contributed by atoms with Crippen LogP contribution >= 0.6 is 0 Å². The van der Waals surface area contributed by atoms with Crippen molar-refractivity contribution in [2.45, 2.75) is 31.7 Å². The maximum absolute atomic E-state index is 5.94. The lowest BCUT2D eigenvalue weighted by Crippen LogP contribution is -2.46. The van der Waals surface area contributed by atoms with Gasteiger partial charge in [0.05, 0.1) is 13.2 Å². The van der Waals surface area contributed by atoms with Crippen LogP contribution in [0, 0.1) is 5.92 Å². The minimum atomic E-state index is 0.598. The lowest BCUT2D eigenvalue weighted by atomic mass is 9.85. The summed E-state index contributed by atoms with van der Waals surface area (Å²) in [5.41, 5.74) is 0. The van der Waals surface area contributed by atoms with Crippen molar-refractivity contribution < 1.29 is 4.74 Å². The van der Waals surface area contributed by atoms with E-state index in [9.17, 15) is 0 Å². The highest BCUT2D eigenvalue weighted by Crippen LogP contribution is 2.28. The zero-order valence-corrected chi connectivity index (χ0v) is 7.54. The van der Waals surface area contributed by atoms with Crippen molar-refractivity contribution in [1.29, 1.82) is 0 Å². The SMILES string of the molecule is NN1CCOC[C@H]2CCCC[C@H]21. The van der Waals surface area contributed by atoms with Crippen LogP contribution in [0.2, 0.25) is 0 Å². The fraction of sp³-hybridized carbons (Fsp3) is 1.00. The van der Waals surface area contributed by atoms with Crippen LogP contribution in [-0.2, 0) is 4.74 Å². The van der Waals surface area contributed by atoms with E-state index in [-0.39, 0.29) is 0 Å². The molecule has 0 aromatic heterocycles. The van der Waals surface area contributed by atoms with E-state index < -0.39 is 0 Å². The molecule has 2 fully saturated rings. The van der Waals surface area contributed by atoms with Gasteiger partial charge >= 0.3 is 0 Å². The van der Waals surface area contributed by atoms with Crippen LogP contribution < -0.4 is 5.84 Å². The monoisotopic (exact) mass is 170 g/mol. The molecule has 0 aromatic carbocycles. The molecule has 0 spiro atoms. The minimum Gasteiger partial charge on any atom is -0.380 e. The van der Waals surface area contributed by atoms with Crippen molar-refractivity contribution in [3.63, 3.8) is 0 Å². The van der Waals surface area contributed by atoms with E-state index in [0.29, 0.717) is 12.0 Å². The average molecular weight is 170 g/mol. The van der Waals surface area contributed by atoms with Gasteiger partial charge in [-0.2, -0.15) is 0 Å². The van der Waals surface area contributed by atoms with Gasteiger partial charge in [0.1, 0.15) is 0 Å². The Balaban J connectivity index is 2.01. The van der Waals surface area contributed by atoms with Crippen LogP contribution in [0.3, 0.4) is 0 Å². The molecule has 3 heteroatoms. The lowest BCUT2D eigenvalue weighted by molar-refractivity contribution is 0.0942. The number of fused-ring (bicyclic) bond motifs is 1. The van der Waals surface area contributed by atoms with Gasteiger partial charge in [-0.05, 0) is 18.8 Å². The highest BCUT2D eigenvalue weighted by atomic mass is 16.5. The third-order valence-electron chi connectivity index (χ3n) is 3.12. The Morgan fingerprint density at radius 1 is 1.25 bits per heavy atom. The quantitative estimate of drug-likeness (QED) is 0.545. The number of ether oxygens (including phenoxy) is 1. The van der Waals surface area contributed by atoms with Crippen molar-refractivity contribution in [3.8, 4) is 0 Å². The Labute approximate surface area is 73.8 Å². The largest absolute Gasteiger partial charge is 0.380 e. The first-order valence-electron chi connectivity index (χ1n) is 4.97. The molecule has 0 aromatic rings. The molecule has 1 saturated heterocycles. The van der Waals surface area contributed by atoms with E-state index in [2.05, 4.69) is 0 Å². The van der Waals surface area contributed by atoms with E-state index in [4.69, 9.17) is 10.6 Å². The van der Waals surface area contributed by atoms with Gasteiger partial charge in [-0.3, -0.25) is 5.84 Å². The standard InChI is InChI=1S/C9H18N2O/c10-11-5-6-12-7-8-3-1-2-4-9(8)11/h8-9H,1-7,10H2/t8-,9-/m1/s1. The molecule has 12 heavy (non-hydrogen) atoms. The van der Waals surface area contributed by atoms with Gasteiger partial charge in [0.25, 0.3) is 0 Å². The molecule has 2 N–H and O–H groups in total. The zero-order chi connectivity index (χ0) is 8.39. The molecule has 0 unspecified atom stereocenters. The summed E-state index contributed by atoms with van der Waals surface area (Å²) in [6, 6.07) is 0.598. The van der Waals surface area contributed by atoms with Crippen molar-refractivity contribution >= 4 is 0 Å². The number of nitrogens with zero attached hydrogens (tertiary/aromatic N) is 1. The highest BCUT2D eigenvalue weighted by Gasteiger charge is 2.30. The third-order valence-corrected chi connectivity index (χ3v) is 3.12. The molecule has 1 aliphatic heterocycles. The van der Waals surface area contributed by atoms with Crippen LogP contribution in [0.4, 0.5) is 0 Å². The summed E-state index contributed by atoms with van der Waals surface area (Å²) in [4.78, 5) is 0. The predicted molar refractivity (Wildman–Crippen MR) is 47.5 cm³/mol. The summed E-state index contributed by atoms with van der Waals surface area (Å²) in [7, 11) is 0. The Morgan fingerprint density at radius 2 is 2.08 bits per heavy atom. The first kappa shape index (κ1) is 8.48. The molecule has 1 aliphatic carbocycles. The Kier molecular flexibility index (Phi) is 2.63. The molecule has 2 atom stereocenters. The second kappa shape index (κ2) is 3.73. The summed E-state index contributed by atoms with van der Waals surface area (Å²) in [6.45, 7) is 2.64. The smallest absolute Gasteiger partial charge is 0.0607 e. The van der Waals surface area contributed by atoms with Crippen molar-refractivity contribution in [1.82, 2.24) is 5.01 Å². The van der Waals surface area contributed by atoms with Gasteiger partial charge in [-0.25, -0.2) is 5.01 Å². The van der Waals surface area contributed by atoms with Gasteiger partial charge in [-0.1, -0.05) is 12.8 Å². The normalized spacial score (nSPS) is 38.8. The molecule has 1 heterocycles. The first-order valence-corrected chi connectivity index (χ1v) is 4.97. The minimum absolute atomic E-state index is 0.598. The summed E-state index contributed by atoms with van der Waals surface area (Å²) >= 11 is 0. The average Bonchev–Trinajstić information content (AvgIpc) is 2.29. The lowest BCUT2D eigenvalue weighted by Gasteiger charge is -2.34. The Hall–Kier alpha value is -0.120. The molecule has 3 nitrogen and oxygen atoms in total. The van der Waals surface area contributed by atoms with Gasteiger partial charge in [-0.15, -0.1) is 0 Å². The predicted octanol–water partition coefficient (Wildman–Crippen LogP) is 0.751. The Bertz CT molecular complexity index is 151. The second-order valence-electron chi connectivity index (χ2n) is 3.92. The van der Waals surface area contributed by atoms with Crippen LogP contribution in [0.15, 0.2) is 0 Å². The van der Waals surface area contributed by atoms with Gasteiger partial charge < -0.3 is 4.74 Å². The fourth-order valence-electron chi connectivity index (χ4n) is 2.39. The molecule has 70 valence electrons. The van der Waals surface area contributed by atoms with Crippen molar-refractivity contribution in [3.05, 3.63) is 0 Å². The summed E-state index contributed by atoms with van der Waals surface area (Å²) < 4.78 is 5.51. The molecule has 1 saturated carbocycles. The maximum atomic E-state index is 5.94. The van der Waals surface area contributed by atoms with Crippen LogP contribution in [0.25, 0.3) is 0 Å². The van der Waals surface area contributed by atoms with E-state index in [1.54, 1.807) is 0 Å². The number of hydrogen-bond donors (Lipinski definition) is 1. The topological polar surface area (TPSA) is 38.5 Å². The zero-order valence-electron chi connectivity index (χ0n) is 7.54. The summed E-state index contributed by atoms with van der Waals surface area (Å²) in [6.07, 6.45) is 5.27. The van der Waals surface area contributed by atoms with Crippen LogP contribution in [0.1, 0.15) is 25.7 Å². The molecule has 0 amide bonds. The molecule has 2 aliphatic rings. The highest BCUT2D eigenvalue weighted by molar-refractivity contribution is 4.82. The molecule has 0 radical (unpaired) electrons. The van der Waals surface area contributed by atoms with Gasteiger partial charge in [0.15, 0.2) is 0 Å². The van der Waals surface area contributed by atoms with E-state index >= 15 is 0 Å². The van der Waals surface area contributed by atoms with E-state index in [1.807, 2.05) is 5.01 Å².